The second-order valence-corrected chi connectivity index (χ2v) is 8.77. The third-order valence-electron chi connectivity index (χ3n) is 6.59. The Balaban J connectivity index is 1.33. The van der Waals surface area contributed by atoms with Crippen LogP contribution < -0.4 is 5.32 Å². The van der Waals surface area contributed by atoms with E-state index in [1.807, 2.05) is 30.0 Å². The van der Waals surface area contributed by atoms with Gasteiger partial charge in [-0.15, -0.1) is 0 Å². The quantitative estimate of drug-likeness (QED) is 0.580. The molecule has 32 heavy (non-hydrogen) atoms. The maximum absolute atomic E-state index is 13.7. The van der Waals surface area contributed by atoms with Gasteiger partial charge in [-0.1, -0.05) is 30.3 Å². The number of fused-ring (bicyclic) bond motifs is 1. The Morgan fingerprint density at radius 2 is 1.97 bits per heavy atom. The lowest BCUT2D eigenvalue weighted by Gasteiger charge is -2.33. The summed E-state index contributed by atoms with van der Waals surface area (Å²) in [6.07, 6.45) is 3.05. The van der Waals surface area contributed by atoms with E-state index < -0.39 is 0 Å². The molecule has 1 fully saturated rings. The number of hydrogen-bond donors (Lipinski definition) is 2. The molecule has 2 heterocycles. The molecule has 6 heteroatoms. The summed E-state index contributed by atoms with van der Waals surface area (Å²) in [6, 6.07) is 12.3. The summed E-state index contributed by atoms with van der Waals surface area (Å²) < 4.78 is 13.7. The van der Waals surface area contributed by atoms with E-state index in [0.29, 0.717) is 30.0 Å². The lowest BCUT2D eigenvalue weighted by Crippen LogP contribution is -2.40. The van der Waals surface area contributed by atoms with Crippen LogP contribution in [-0.4, -0.2) is 34.8 Å². The fraction of sp³-hybridized carbons (Fsp3) is 0.385. The Morgan fingerprint density at radius 3 is 2.78 bits per heavy atom. The number of rotatable bonds is 6. The zero-order valence-electron chi connectivity index (χ0n) is 18.7. The van der Waals surface area contributed by atoms with Crippen molar-refractivity contribution in [2.24, 2.45) is 5.92 Å². The molecule has 1 aliphatic rings. The molecule has 2 aromatic carbocycles. The summed E-state index contributed by atoms with van der Waals surface area (Å²) in [5, 5.41) is 3.89. The van der Waals surface area contributed by atoms with E-state index in [9.17, 15) is 14.0 Å². The summed E-state index contributed by atoms with van der Waals surface area (Å²) in [7, 11) is 0. The van der Waals surface area contributed by atoms with Crippen LogP contribution in [0.4, 0.5) is 4.39 Å². The third-order valence-corrected chi connectivity index (χ3v) is 6.59. The largest absolute Gasteiger partial charge is 0.358 e. The van der Waals surface area contributed by atoms with Gasteiger partial charge in [0.2, 0.25) is 5.91 Å². The van der Waals surface area contributed by atoms with Crippen LogP contribution in [0, 0.1) is 25.6 Å². The zero-order valence-corrected chi connectivity index (χ0v) is 18.7. The Bertz CT molecular complexity index is 1140. The van der Waals surface area contributed by atoms with Crippen molar-refractivity contribution in [2.75, 3.05) is 13.1 Å². The second-order valence-electron chi connectivity index (χ2n) is 8.77. The van der Waals surface area contributed by atoms with E-state index >= 15 is 0 Å². The van der Waals surface area contributed by atoms with E-state index in [2.05, 4.69) is 17.2 Å². The van der Waals surface area contributed by atoms with Crippen LogP contribution in [0.2, 0.25) is 0 Å². The Kier molecular flexibility index (Phi) is 6.58. The molecule has 2 amide bonds. The third kappa shape index (κ3) is 4.69. The first-order valence-corrected chi connectivity index (χ1v) is 11.3. The number of amides is 2. The van der Waals surface area contributed by atoms with Crippen molar-refractivity contribution in [3.8, 4) is 0 Å². The van der Waals surface area contributed by atoms with Gasteiger partial charge in [0.1, 0.15) is 5.82 Å². The normalized spacial score (nSPS) is 16.3. The predicted octanol–water partition coefficient (Wildman–Crippen LogP) is 4.87. The number of aromatic nitrogens is 1. The molecular formula is C26H30FN3O2. The molecule has 4 rings (SSSR count). The van der Waals surface area contributed by atoms with Gasteiger partial charge < -0.3 is 15.2 Å². The summed E-state index contributed by atoms with van der Waals surface area (Å²) >= 11 is 0. The maximum atomic E-state index is 13.7. The molecule has 0 unspecified atom stereocenters. The first kappa shape index (κ1) is 22.1. The highest BCUT2D eigenvalue weighted by Gasteiger charge is 2.26. The first-order chi connectivity index (χ1) is 15.4. The van der Waals surface area contributed by atoms with Crippen LogP contribution in [0.25, 0.3) is 10.9 Å². The molecule has 0 saturated carbocycles. The maximum Gasteiger partial charge on any atom is 0.255 e. The summed E-state index contributed by atoms with van der Waals surface area (Å²) in [4.78, 5) is 30.9. The van der Waals surface area contributed by atoms with Crippen molar-refractivity contribution in [2.45, 2.75) is 46.1 Å². The Morgan fingerprint density at radius 1 is 1.16 bits per heavy atom. The Hall–Kier alpha value is -3.15. The van der Waals surface area contributed by atoms with Crippen LogP contribution in [-0.2, 0) is 11.3 Å². The molecule has 5 nitrogen and oxygen atoms in total. The van der Waals surface area contributed by atoms with Crippen LogP contribution in [0.3, 0.4) is 0 Å². The molecule has 0 bridgehead atoms. The minimum absolute atomic E-state index is 0.0468. The van der Waals surface area contributed by atoms with Crippen LogP contribution in [0.1, 0.15) is 52.9 Å². The number of hydrogen-bond acceptors (Lipinski definition) is 2. The van der Waals surface area contributed by atoms with Gasteiger partial charge in [-0.05, 0) is 56.7 Å². The SMILES string of the molecule is Cc1[nH]c2c(C(=O)N3CCC[C@H](CCC(=O)NCc4ccccc4F)C3)cccc2c1C. The molecule has 0 aliphatic carbocycles. The van der Waals surface area contributed by atoms with Crippen molar-refractivity contribution in [1.82, 2.24) is 15.2 Å². The fourth-order valence-corrected chi connectivity index (χ4v) is 4.58. The van der Waals surface area contributed by atoms with Gasteiger partial charge in [0.05, 0.1) is 11.1 Å². The van der Waals surface area contributed by atoms with E-state index in [4.69, 9.17) is 0 Å². The number of likely N-dealkylation sites (tertiary alicyclic amines) is 1. The van der Waals surface area contributed by atoms with Crippen molar-refractivity contribution in [3.05, 3.63) is 70.7 Å². The van der Waals surface area contributed by atoms with Gasteiger partial charge in [0, 0.05) is 42.7 Å². The average molecular weight is 436 g/mol. The van der Waals surface area contributed by atoms with E-state index in [0.717, 1.165) is 42.4 Å². The number of carbonyl (C=O) groups is 2. The lowest BCUT2D eigenvalue weighted by atomic mass is 9.92. The highest BCUT2D eigenvalue weighted by molar-refractivity contribution is 6.06. The number of H-pyrrole nitrogens is 1. The van der Waals surface area contributed by atoms with Gasteiger partial charge in [-0.2, -0.15) is 0 Å². The molecule has 168 valence electrons. The number of benzene rings is 2. The van der Waals surface area contributed by atoms with Crippen molar-refractivity contribution in [3.63, 3.8) is 0 Å². The number of halogens is 1. The number of piperidine rings is 1. The van der Waals surface area contributed by atoms with Crippen LogP contribution >= 0.6 is 0 Å². The van der Waals surface area contributed by atoms with Gasteiger partial charge in [-0.3, -0.25) is 9.59 Å². The number of aryl methyl sites for hydroxylation is 2. The molecule has 0 spiro atoms. The zero-order chi connectivity index (χ0) is 22.7. The summed E-state index contributed by atoms with van der Waals surface area (Å²) in [5.41, 5.74) is 4.36. The molecule has 2 N–H and O–H groups in total. The van der Waals surface area contributed by atoms with Gasteiger partial charge in [0.25, 0.3) is 5.91 Å². The molecule has 1 atom stereocenters. The van der Waals surface area contributed by atoms with Crippen molar-refractivity contribution in [1.29, 1.82) is 0 Å². The monoisotopic (exact) mass is 435 g/mol. The number of nitrogens with zero attached hydrogens (tertiary/aromatic N) is 1. The van der Waals surface area contributed by atoms with Crippen molar-refractivity contribution < 1.29 is 14.0 Å². The Labute approximate surface area is 188 Å². The minimum Gasteiger partial charge on any atom is -0.358 e. The second kappa shape index (κ2) is 9.55. The summed E-state index contributed by atoms with van der Waals surface area (Å²) in [6.45, 7) is 5.69. The number of para-hydroxylation sites is 1. The van der Waals surface area contributed by atoms with Gasteiger partial charge >= 0.3 is 0 Å². The highest BCUT2D eigenvalue weighted by Crippen LogP contribution is 2.27. The van der Waals surface area contributed by atoms with E-state index in [1.54, 1.807) is 18.2 Å². The van der Waals surface area contributed by atoms with Gasteiger partial charge in [-0.25, -0.2) is 4.39 Å². The predicted molar refractivity (Wildman–Crippen MR) is 124 cm³/mol. The van der Waals surface area contributed by atoms with Crippen molar-refractivity contribution >= 4 is 22.7 Å². The first-order valence-electron chi connectivity index (χ1n) is 11.3. The van der Waals surface area contributed by atoms with Gasteiger partial charge in [0.15, 0.2) is 0 Å². The number of aromatic amines is 1. The van der Waals surface area contributed by atoms with E-state index in [1.165, 1.54) is 11.6 Å². The number of nitrogens with one attached hydrogen (secondary N) is 2. The fourth-order valence-electron chi connectivity index (χ4n) is 4.58. The highest BCUT2D eigenvalue weighted by atomic mass is 19.1. The summed E-state index contributed by atoms with van der Waals surface area (Å²) in [5.74, 6) is -0.0562. The molecule has 1 saturated heterocycles. The standard InChI is InChI=1S/C26H30FN3O2/c1-17-18(2)29-25-21(17)9-5-10-22(25)26(32)30-14-6-7-19(16-30)12-13-24(31)28-15-20-8-3-4-11-23(20)27/h3-5,8-11,19,29H,6-7,12-16H2,1-2H3,(H,28,31)/t19-/m1/s1. The van der Waals surface area contributed by atoms with E-state index in [-0.39, 0.29) is 24.2 Å². The molecule has 0 radical (unpaired) electrons. The topological polar surface area (TPSA) is 65.2 Å². The molecular weight excluding hydrogens is 405 g/mol. The van der Waals surface area contributed by atoms with Crippen LogP contribution in [0.15, 0.2) is 42.5 Å². The minimum atomic E-state index is -0.309. The molecule has 1 aliphatic heterocycles. The average Bonchev–Trinajstić information content (AvgIpc) is 3.10. The number of carbonyl (C=O) groups excluding carboxylic acids is 2. The smallest absolute Gasteiger partial charge is 0.255 e. The molecule has 1 aromatic heterocycles. The van der Waals surface area contributed by atoms with Crippen LogP contribution in [0.5, 0.6) is 0 Å². The molecule has 3 aromatic rings. The lowest BCUT2D eigenvalue weighted by molar-refractivity contribution is -0.121.